The van der Waals surface area contributed by atoms with Gasteiger partial charge in [-0.2, -0.15) is 0 Å². The lowest BCUT2D eigenvalue weighted by atomic mass is 9.81. The van der Waals surface area contributed by atoms with Crippen molar-refractivity contribution in [3.8, 4) is 0 Å². The molecule has 0 aromatic rings. The molecule has 0 heterocycles. The molecule has 1 atom stereocenters. The average molecular weight is 298 g/mol. The number of nitrogens with one attached hydrogen (secondary N) is 2. The minimum atomic E-state index is -0.970. The molecule has 5 heteroatoms. The van der Waals surface area contributed by atoms with Crippen LogP contribution in [0.4, 0.5) is 4.79 Å². The highest BCUT2D eigenvalue weighted by Crippen LogP contribution is 2.29. The predicted molar refractivity (Wildman–Crippen MR) is 83.2 cm³/mol. The zero-order chi connectivity index (χ0) is 15.8. The van der Waals surface area contributed by atoms with Crippen LogP contribution in [0.5, 0.6) is 0 Å². The van der Waals surface area contributed by atoms with Crippen LogP contribution in [0.25, 0.3) is 0 Å². The summed E-state index contributed by atoms with van der Waals surface area (Å²) >= 11 is 0. The van der Waals surface area contributed by atoms with E-state index in [1.807, 2.05) is 13.8 Å². The molecule has 0 bridgehead atoms. The summed E-state index contributed by atoms with van der Waals surface area (Å²) in [6.45, 7) is 6.77. The molecule has 0 aromatic heterocycles. The summed E-state index contributed by atoms with van der Waals surface area (Å²) in [7, 11) is 0. The minimum Gasteiger partial charge on any atom is -0.480 e. The molecule has 21 heavy (non-hydrogen) atoms. The lowest BCUT2D eigenvalue weighted by Gasteiger charge is -2.28. The topological polar surface area (TPSA) is 78.4 Å². The Hall–Kier alpha value is -1.26. The molecule has 122 valence electrons. The van der Waals surface area contributed by atoms with E-state index in [0.29, 0.717) is 18.9 Å². The van der Waals surface area contributed by atoms with Crippen LogP contribution >= 0.6 is 0 Å². The third-order valence-electron chi connectivity index (χ3n) is 4.41. The summed E-state index contributed by atoms with van der Waals surface area (Å²) in [5.41, 5.74) is 0. The van der Waals surface area contributed by atoms with Gasteiger partial charge in [-0.25, -0.2) is 9.59 Å². The van der Waals surface area contributed by atoms with E-state index < -0.39 is 12.0 Å². The second-order valence-corrected chi connectivity index (χ2v) is 6.67. The number of carbonyl (C=O) groups is 2. The number of carboxylic acids is 1. The Morgan fingerprint density at radius 3 is 2.19 bits per heavy atom. The molecule has 0 aromatic carbocycles. The van der Waals surface area contributed by atoms with E-state index in [1.165, 1.54) is 19.3 Å². The molecule has 0 radical (unpaired) electrons. The van der Waals surface area contributed by atoms with Gasteiger partial charge in [0.25, 0.3) is 0 Å². The van der Waals surface area contributed by atoms with Crippen molar-refractivity contribution in [1.29, 1.82) is 0 Å². The fraction of sp³-hybridized carbons (Fsp3) is 0.875. The van der Waals surface area contributed by atoms with E-state index >= 15 is 0 Å². The van der Waals surface area contributed by atoms with Crippen LogP contribution in [0.1, 0.15) is 59.3 Å². The smallest absolute Gasteiger partial charge is 0.326 e. The highest BCUT2D eigenvalue weighted by molar-refractivity contribution is 5.82. The van der Waals surface area contributed by atoms with Crippen molar-refractivity contribution in [2.45, 2.75) is 65.3 Å². The van der Waals surface area contributed by atoms with Crippen molar-refractivity contribution in [2.75, 3.05) is 6.54 Å². The Kier molecular flexibility index (Phi) is 7.54. The number of hydrogen-bond acceptors (Lipinski definition) is 2. The van der Waals surface area contributed by atoms with Gasteiger partial charge in [-0.3, -0.25) is 0 Å². The number of carboxylic acid groups (broad SMARTS) is 1. The molecule has 1 saturated carbocycles. The first-order valence-electron chi connectivity index (χ1n) is 8.19. The summed E-state index contributed by atoms with van der Waals surface area (Å²) in [4.78, 5) is 22.9. The highest BCUT2D eigenvalue weighted by Gasteiger charge is 2.23. The summed E-state index contributed by atoms with van der Waals surface area (Å²) in [6, 6.07) is -1.17. The van der Waals surface area contributed by atoms with Crippen molar-refractivity contribution in [1.82, 2.24) is 10.6 Å². The second-order valence-electron chi connectivity index (χ2n) is 6.67. The van der Waals surface area contributed by atoms with Gasteiger partial charge in [-0.15, -0.1) is 0 Å². The lowest BCUT2D eigenvalue weighted by molar-refractivity contribution is -0.139. The average Bonchev–Trinajstić information content (AvgIpc) is 2.44. The van der Waals surface area contributed by atoms with E-state index in [4.69, 9.17) is 5.11 Å². The summed E-state index contributed by atoms with van der Waals surface area (Å²) < 4.78 is 0. The van der Waals surface area contributed by atoms with Gasteiger partial charge >= 0.3 is 12.0 Å². The van der Waals surface area contributed by atoms with Crippen molar-refractivity contribution >= 4 is 12.0 Å². The third-order valence-corrected chi connectivity index (χ3v) is 4.41. The summed E-state index contributed by atoms with van der Waals surface area (Å²) in [6.07, 6.45) is 6.51. The minimum absolute atomic E-state index is 0.232. The van der Waals surface area contributed by atoms with Gasteiger partial charge in [0.05, 0.1) is 0 Å². The summed E-state index contributed by atoms with van der Waals surface area (Å²) in [5.74, 6) is 0.641. The number of hydrogen-bond donors (Lipinski definition) is 3. The van der Waals surface area contributed by atoms with E-state index in [-0.39, 0.29) is 11.9 Å². The third kappa shape index (κ3) is 6.82. The maximum Gasteiger partial charge on any atom is 0.326 e. The van der Waals surface area contributed by atoms with Crippen LogP contribution < -0.4 is 10.6 Å². The van der Waals surface area contributed by atoms with Crippen LogP contribution in [0, 0.1) is 17.8 Å². The molecule has 1 aliphatic rings. The molecule has 3 N–H and O–H groups in total. The van der Waals surface area contributed by atoms with Crippen LogP contribution in [-0.2, 0) is 4.79 Å². The molecule has 1 fully saturated rings. The summed E-state index contributed by atoms with van der Waals surface area (Å²) in [5, 5.41) is 14.5. The maximum absolute atomic E-state index is 11.8. The van der Waals surface area contributed by atoms with Gasteiger partial charge in [-0.05, 0) is 37.0 Å². The molecule has 2 amide bonds. The standard InChI is InChI=1S/C16H30N2O3/c1-4-12-5-7-13(8-6-12)10-17-16(21)18-14(15(19)20)9-11(2)3/h11-14H,4-10H2,1-3H3,(H,19,20)(H2,17,18,21)/t12?,13?,14-/m0/s1. The zero-order valence-corrected chi connectivity index (χ0v) is 13.5. The Morgan fingerprint density at radius 1 is 1.14 bits per heavy atom. The SMILES string of the molecule is CCC1CCC(CNC(=O)N[C@@H](CC(C)C)C(=O)O)CC1. The number of urea groups is 1. The van der Waals surface area contributed by atoms with Crippen molar-refractivity contribution in [3.63, 3.8) is 0 Å². The van der Waals surface area contributed by atoms with Crippen LogP contribution in [-0.4, -0.2) is 29.7 Å². The number of amides is 2. The quantitative estimate of drug-likeness (QED) is 0.676. The largest absolute Gasteiger partial charge is 0.480 e. The first kappa shape index (κ1) is 17.8. The number of carbonyl (C=O) groups excluding carboxylic acids is 1. The molecule has 0 aliphatic heterocycles. The van der Waals surface area contributed by atoms with Crippen LogP contribution in [0.2, 0.25) is 0 Å². The normalized spacial score (nSPS) is 23.6. The van der Waals surface area contributed by atoms with Crippen molar-refractivity contribution in [2.24, 2.45) is 17.8 Å². The van der Waals surface area contributed by atoms with Gasteiger partial charge in [0, 0.05) is 6.54 Å². The Labute approximate surface area is 127 Å². The second kappa shape index (κ2) is 8.90. The number of rotatable bonds is 7. The van der Waals surface area contributed by atoms with Gasteiger partial charge in [-0.1, -0.05) is 40.0 Å². The van der Waals surface area contributed by atoms with Gasteiger partial charge in [0.1, 0.15) is 6.04 Å². The van der Waals surface area contributed by atoms with Crippen LogP contribution in [0.15, 0.2) is 0 Å². The van der Waals surface area contributed by atoms with E-state index in [0.717, 1.165) is 18.8 Å². The lowest BCUT2D eigenvalue weighted by Crippen LogP contribution is -2.47. The first-order chi connectivity index (χ1) is 9.92. The molecule has 5 nitrogen and oxygen atoms in total. The van der Waals surface area contributed by atoms with Gasteiger partial charge in [0.2, 0.25) is 0 Å². The van der Waals surface area contributed by atoms with Gasteiger partial charge in [0.15, 0.2) is 0 Å². The van der Waals surface area contributed by atoms with E-state index in [9.17, 15) is 9.59 Å². The predicted octanol–water partition coefficient (Wildman–Crippen LogP) is 3.00. The fourth-order valence-electron chi connectivity index (χ4n) is 2.98. The maximum atomic E-state index is 11.8. The molecule has 0 spiro atoms. The Morgan fingerprint density at radius 2 is 1.71 bits per heavy atom. The highest BCUT2D eigenvalue weighted by atomic mass is 16.4. The molecule has 0 unspecified atom stereocenters. The van der Waals surface area contributed by atoms with Crippen LogP contribution in [0.3, 0.4) is 0 Å². The molecule has 1 rings (SSSR count). The monoisotopic (exact) mass is 298 g/mol. The Balaban J connectivity index is 2.28. The first-order valence-corrected chi connectivity index (χ1v) is 8.19. The van der Waals surface area contributed by atoms with E-state index in [2.05, 4.69) is 17.6 Å². The number of aliphatic carboxylic acids is 1. The van der Waals surface area contributed by atoms with Crippen molar-refractivity contribution < 1.29 is 14.7 Å². The Bertz CT molecular complexity index is 336. The van der Waals surface area contributed by atoms with Crippen molar-refractivity contribution in [3.05, 3.63) is 0 Å². The molecule has 0 saturated heterocycles. The van der Waals surface area contributed by atoms with Gasteiger partial charge < -0.3 is 15.7 Å². The molecule has 1 aliphatic carbocycles. The molecular weight excluding hydrogens is 268 g/mol. The fourth-order valence-corrected chi connectivity index (χ4v) is 2.98. The zero-order valence-electron chi connectivity index (χ0n) is 13.5. The molecular formula is C16H30N2O3. The van der Waals surface area contributed by atoms with E-state index in [1.54, 1.807) is 0 Å².